The molecule has 0 aliphatic carbocycles. The third kappa shape index (κ3) is 4.40. The topological polar surface area (TPSA) is 67.4 Å². The number of hydrogen-bond donors (Lipinski definition) is 2. The Labute approximate surface area is 158 Å². The van der Waals surface area contributed by atoms with Crippen LogP contribution in [-0.4, -0.2) is 25.0 Å². The normalized spacial score (nSPS) is 10.5. The first-order valence-electron chi connectivity index (χ1n) is 8.26. The zero-order chi connectivity index (χ0) is 20.1. The molecule has 0 atom stereocenters. The second kappa shape index (κ2) is 8.43. The van der Waals surface area contributed by atoms with Crippen LogP contribution in [0.25, 0.3) is 10.8 Å². The molecule has 0 radical (unpaired) electrons. The highest BCUT2D eigenvalue weighted by Gasteiger charge is 2.15. The smallest absolute Gasteiger partial charge is 0.258 e. The number of nitrogens with one attached hydrogen (secondary N) is 2. The number of rotatable bonds is 6. The first kappa shape index (κ1) is 19.2. The van der Waals surface area contributed by atoms with Crippen LogP contribution < -0.4 is 15.4 Å². The van der Waals surface area contributed by atoms with E-state index in [4.69, 9.17) is 4.74 Å². The lowest BCUT2D eigenvalue weighted by Gasteiger charge is -2.10. The van der Waals surface area contributed by atoms with Gasteiger partial charge in [0.1, 0.15) is 5.75 Å². The number of amides is 2. The summed E-state index contributed by atoms with van der Waals surface area (Å²) in [6.45, 7) is -0.822. The highest BCUT2D eigenvalue weighted by molar-refractivity contribution is 5.95. The van der Waals surface area contributed by atoms with Crippen molar-refractivity contribution in [1.82, 2.24) is 5.32 Å². The summed E-state index contributed by atoms with van der Waals surface area (Å²) >= 11 is 0. The van der Waals surface area contributed by atoms with Gasteiger partial charge in [-0.15, -0.1) is 0 Å². The van der Waals surface area contributed by atoms with E-state index in [1.165, 1.54) is 0 Å². The summed E-state index contributed by atoms with van der Waals surface area (Å²) in [5.74, 6) is -5.43. The molecule has 0 bridgehead atoms. The lowest BCUT2D eigenvalue weighted by Crippen LogP contribution is -2.36. The number of benzene rings is 3. The van der Waals surface area contributed by atoms with Crippen LogP contribution in [0.3, 0.4) is 0 Å². The molecule has 28 heavy (non-hydrogen) atoms. The Balaban J connectivity index is 1.51. The summed E-state index contributed by atoms with van der Waals surface area (Å²) in [5, 5.41) is 6.15. The Bertz CT molecular complexity index is 1040. The van der Waals surface area contributed by atoms with Crippen LogP contribution in [0, 0.1) is 17.5 Å². The highest BCUT2D eigenvalue weighted by Crippen LogP contribution is 2.25. The molecule has 0 saturated carbocycles. The van der Waals surface area contributed by atoms with E-state index in [1.54, 1.807) is 12.1 Å². The second-order valence-electron chi connectivity index (χ2n) is 5.81. The molecular formula is C20H15F3N2O3. The summed E-state index contributed by atoms with van der Waals surface area (Å²) in [6.07, 6.45) is 0. The van der Waals surface area contributed by atoms with Crippen LogP contribution in [0.15, 0.2) is 54.6 Å². The Morgan fingerprint density at radius 2 is 1.61 bits per heavy atom. The maximum absolute atomic E-state index is 13.5. The average molecular weight is 388 g/mol. The van der Waals surface area contributed by atoms with Crippen molar-refractivity contribution >= 4 is 28.3 Å². The Kier molecular flexibility index (Phi) is 5.78. The van der Waals surface area contributed by atoms with Crippen molar-refractivity contribution in [3.8, 4) is 5.75 Å². The van der Waals surface area contributed by atoms with E-state index in [-0.39, 0.29) is 6.61 Å². The van der Waals surface area contributed by atoms with Crippen molar-refractivity contribution in [2.24, 2.45) is 0 Å². The molecule has 144 valence electrons. The van der Waals surface area contributed by atoms with Crippen LogP contribution in [0.1, 0.15) is 0 Å². The van der Waals surface area contributed by atoms with Crippen molar-refractivity contribution in [3.05, 3.63) is 72.0 Å². The van der Waals surface area contributed by atoms with Crippen molar-refractivity contribution < 1.29 is 27.5 Å². The molecule has 0 spiro atoms. The lowest BCUT2D eigenvalue weighted by molar-refractivity contribution is -0.125. The molecule has 0 fully saturated rings. The third-order valence-electron chi connectivity index (χ3n) is 3.86. The quantitative estimate of drug-likeness (QED) is 0.636. The van der Waals surface area contributed by atoms with Gasteiger partial charge >= 0.3 is 0 Å². The van der Waals surface area contributed by atoms with Gasteiger partial charge in [0.2, 0.25) is 5.91 Å². The van der Waals surface area contributed by atoms with E-state index in [9.17, 15) is 22.8 Å². The van der Waals surface area contributed by atoms with E-state index in [0.717, 1.165) is 16.8 Å². The largest absolute Gasteiger partial charge is 0.483 e. The number of anilines is 1. The van der Waals surface area contributed by atoms with Crippen molar-refractivity contribution in [2.45, 2.75) is 0 Å². The Morgan fingerprint density at radius 1 is 0.857 bits per heavy atom. The molecule has 5 nitrogen and oxygen atoms in total. The van der Waals surface area contributed by atoms with Gasteiger partial charge in [-0.05, 0) is 23.6 Å². The maximum atomic E-state index is 13.5. The molecule has 0 aliphatic heterocycles. The summed E-state index contributed by atoms with van der Waals surface area (Å²) in [7, 11) is 0. The maximum Gasteiger partial charge on any atom is 0.258 e. The van der Waals surface area contributed by atoms with E-state index >= 15 is 0 Å². The molecule has 0 heterocycles. The van der Waals surface area contributed by atoms with Crippen LogP contribution >= 0.6 is 0 Å². The minimum Gasteiger partial charge on any atom is -0.483 e. The number of ether oxygens (including phenoxy) is 1. The molecule has 3 aromatic rings. The number of carbonyl (C=O) groups is 2. The predicted molar refractivity (Wildman–Crippen MR) is 97.4 cm³/mol. The van der Waals surface area contributed by atoms with Gasteiger partial charge in [-0.2, -0.15) is 0 Å². The molecule has 0 aliphatic rings. The molecular weight excluding hydrogens is 373 g/mol. The fourth-order valence-corrected chi connectivity index (χ4v) is 2.51. The first-order chi connectivity index (χ1) is 13.5. The van der Waals surface area contributed by atoms with Gasteiger partial charge < -0.3 is 15.4 Å². The molecule has 0 saturated heterocycles. The molecule has 0 unspecified atom stereocenters. The summed E-state index contributed by atoms with van der Waals surface area (Å²) < 4.78 is 45.0. The standard InChI is InChI=1S/C20H15F3N2O3/c21-14-8-9-15(20(23)19(14)22)25-17(26)10-24-18(27)11-28-16-7-3-5-12-4-1-2-6-13(12)16/h1-9H,10-11H2,(H,24,27)(H,25,26). The van der Waals surface area contributed by atoms with Gasteiger partial charge in [-0.3, -0.25) is 9.59 Å². The fraction of sp³-hybridized carbons (Fsp3) is 0.100. The van der Waals surface area contributed by atoms with Crippen LogP contribution in [0.2, 0.25) is 0 Å². The lowest BCUT2D eigenvalue weighted by atomic mass is 10.1. The highest BCUT2D eigenvalue weighted by atomic mass is 19.2. The second-order valence-corrected chi connectivity index (χ2v) is 5.81. The van der Waals surface area contributed by atoms with Gasteiger partial charge in [0.25, 0.3) is 5.91 Å². The molecule has 2 amide bonds. The summed E-state index contributed by atoms with van der Waals surface area (Å²) in [6, 6.07) is 14.5. The monoisotopic (exact) mass is 388 g/mol. The van der Waals surface area contributed by atoms with Crippen LogP contribution in [0.5, 0.6) is 5.75 Å². The fourth-order valence-electron chi connectivity index (χ4n) is 2.51. The molecule has 3 rings (SSSR count). The zero-order valence-electron chi connectivity index (χ0n) is 14.5. The van der Waals surface area contributed by atoms with E-state index in [2.05, 4.69) is 10.6 Å². The van der Waals surface area contributed by atoms with E-state index in [0.29, 0.717) is 11.8 Å². The average Bonchev–Trinajstić information content (AvgIpc) is 2.71. The van der Waals surface area contributed by atoms with Crippen LogP contribution in [-0.2, 0) is 9.59 Å². The van der Waals surface area contributed by atoms with Crippen molar-refractivity contribution in [3.63, 3.8) is 0 Å². The van der Waals surface area contributed by atoms with E-state index in [1.807, 2.05) is 30.3 Å². The first-order valence-corrected chi connectivity index (χ1v) is 8.26. The minimum absolute atomic E-state index is 0.333. The SMILES string of the molecule is O=C(COc1cccc2ccccc12)NCC(=O)Nc1ccc(F)c(F)c1F. The van der Waals surface area contributed by atoms with E-state index < -0.39 is 41.5 Å². The van der Waals surface area contributed by atoms with Gasteiger partial charge in [0, 0.05) is 5.39 Å². The zero-order valence-corrected chi connectivity index (χ0v) is 14.5. The minimum atomic E-state index is -1.69. The van der Waals surface area contributed by atoms with Crippen molar-refractivity contribution in [2.75, 3.05) is 18.5 Å². The number of fused-ring (bicyclic) bond motifs is 1. The summed E-state index contributed by atoms with van der Waals surface area (Å²) in [4.78, 5) is 23.6. The van der Waals surface area contributed by atoms with Gasteiger partial charge in [-0.25, -0.2) is 13.2 Å². The van der Waals surface area contributed by atoms with Crippen LogP contribution in [0.4, 0.5) is 18.9 Å². The summed E-state index contributed by atoms with van der Waals surface area (Å²) in [5.41, 5.74) is -0.523. The molecule has 2 N–H and O–H groups in total. The molecule has 0 aromatic heterocycles. The molecule has 8 heteroatoms. The number of halogens is 3. The van der Waals surface area contributed by atoms with Gasteiger partial charge in [0.15, 0.2) is 24.1 Å². The number of carbonyl (C=O) groups excluding carboxylic acids is 2. The van der Waals surface area contributed by atoms with Crippen molar-refractivity contribution in [1.29, 1.82) is 0 Å². The number of hydrogen-bond acceptors (Lipinski definition) is 3. The Morgan fingerprint density at radius 3 is 2.43 bits per heavy atom. The van der Waals surface area contributed by atoms with Gasteiger partial charge in [-0.1, -0.05) is 36.4 Å². The van der Waals surface area contributed by atoms with Gasteiger partial charge in [0.05, 0.1) is 12.2 Å². The Hall–Kier alpha value is -3.55. The third-order valence-corrected chi connectivity index (χ3v) is 3.86. The predicted octanol–water partition coefficient (Wildman–Crippen LogP) is 3.39. The molecule has 3 aromatic carbocycles.